The number of esters is 1. The van der Waals surface area contributed by atoms with Crippen molar-refractivity contribution in [2.45, 2.75) is 20.0 Å². The van der Waals surface area contributed by atoms with E-state index in [9.17, 15) is 9.59 Å². The van der Waals surface area contributed by atoms with E-state index in [1.807, 2.05) is 37.3 Å². The van der Waals surface area contributed by atoms with Crippen molar-refractivity contribution in [3.05, 3.63) is 35.9 Å². The minimum atomic E-state index is -0.787. The van der Waals surface area contributed by atoms with E-state index in [-0.39, 0.29) is 12.3 Å². The minimum absolute atomic E-state index is 0.000289. The van der Waals surface area contributed by atoms with E-state index in [2.05, 4.69) is 4.74 Å². The summed E-state index contributed by atoms with van der Waals surface area (Å²) < 4.78 is 9.85. The fourth-order valence-electron chi connectivity index (χ4n) is 1.52. The normalized spacial score (nSPS) is 11.9. The molecule has 1 atom stereocenters. The topological polar surface area (TPSA) is 52.6 Å². The third-order valence-corrected chi connectivity index (χ3v) is 2.46. The number of carbonyl (C=O) groups is 2. The average Bonchev–Trinajstić information content (AvgIpc) is 2.38. The number of hydrogen-bond donors (Lipinski definition) is 0. The van der Waals surface area contributed by atoms with Gasteiger partial charge in [-0.3, -0.25) is 4.79 Å². The van der Waals surface area contributed by atoms with Crippen LogP contribution in [-0.4, -0.2) is 25.5 Å². The lowest BCUT2D eigenvalue weighted by atomic mass is 10.1. The lowest BCUT2D eigenvalue weighted by Crippen LogP contribution is -2.20. The molecule has 0 aliphatic carbocycles. The second kappa shape index (κ2) is 7.61. The van der Waals surface area contributed by atoms with Gasteiger partial charge in [-0.15, -0.1) is 0 Å². The summed E-state index contributed by atoms with van der Waals surface area (Å²) in [7, 11) is 1.21. The summed E-state index contributed by atoms with van der Waals surface area (Å²) in [5.74, 6) is -1.29. The number of Topliss-reactive ketones (excluding diaryl/α,β-unsaturated/α-hetero) is 1. The van der Waals surface area contributed by atoms with Crippen molar-refractivity contribution in [2.75, 3.05) is 13.7 Å². The van der Waals surface area contributed by atoms with E-state index in [1.165, 1.54) is 7.11 Å². The molecule has 0 heterocycles. The molecule has 1 aromatic carbocycles. The molecule has 1 rings (SSSR count). The van der Waals surface area contributed by atoms with Crippen LogP contribution in [0.5, 0.6) is 0 Å². The van der Waals surface area contributed by atoms with Gasteiger partial charge in [0.05, 0.1) is 20.3 Å². The summed E-state index contributed by atoms with van der Waals surface area (Å²) in [6, 6.07) is 9.79. The third-order valence-electron chi connectivity index (χ3n) is 2.46. The summed E-state index contributed by atoms with van der Waals surface area (Å²) in [5.41, 5.74) is 1.09. The van der Waals surface area contributed by atoms with Crippen molar-refractivity contribution < 1.29 is 19.1 Å². The highest BCUT2D eigenvalue weighted by Gasteiger charge is 2.17. The largest absolute Gasteiger partial charge is 0.463 e. The number of methoxy groups -OCH3 is 1. The smallest absolute Gasteiger partial charge is 0.374 e. The van der Waals surface area contributed by atoms with Gasteiger partial charge in [-0.25, -0.2) is 4.79 Å². The second-order valence-corrected chi connectivity index (χ2v) is 4.22. The number of ketones is 1. The van der Waals surface area contributed by atoms with Crippen LogP contribution >= 0.6 is 0 Å². The van der Waals surface area contributed by atoms with Crippen molar-refractivity contribution in [1.29, 1.82) is 0 Å². The van der Waals surface area contributed by atoms with Gasteiger partial charge in [0.25, 0.3) is 0 Å². The van der Waals surface area contributed by atoms with Gasteiger partial charge in [-0.05, 0) is 11.5 Å². The molecule has 0 aliphatic rings. The first-order valence-corrected chi connectivity index (χ1v) is 5.86. The molecule has 18 heavy (non-hydrogen) atoms. The van der Waals surface area contributed by atoms with Crippen molar-refractivity contribution in [1.82, 2.24) is 0 Å². The molecule has 98 valence electrons. The Morgan fingerprint density at radius 2 is 1.89 bits per heavy atom. The minimum Gasteiger partial charge on any atom is -0.463 e. The third kappa shape index (κ3) is 5.10. The number of ether oxygens (including phenoxy) is 2. The molecule has 0 amide bonds. The second-order valence-electron chi connectivity index (χ2n) is 4.22. The molecule has 4 nitrogen and oxygen atoms in total. The molecule has 0 radical (unpaired) electrons. The van der Waals surface area contributed by atoms with Gasteiger partial charge in [0, 0.05) is 6.42 Å². The summed E-state index contributed by atoms with van der Waals surface area (Å²) in [5, 5.41) is 0. The van der Waals surface area contributed by atoms with Crippen LogP contribution in [-0.2, 0) is 25.7 Å². The summed E-state index contributed by atoms with van der Waals surface area (Å²) in [6.45, 7) is 2.82. The molecular formula is C14H18O4. The number of benzene rings is 1. The van der Waals surface area contributed by atoms with Gasteiger partial charge >= 0.3 is 5.97 Å². The zero-order valence-electron chi connectivity index (χ0n) is 10.7. The predicted octanol–water partition coefficient (Wildman–Crippen LogP) is 1.97. The molecule has 4 heteroatoms. The molecule has 0 aromatic heterocycles. The predicted molar refractivity (Wildman–Crippen MR) is 66.9 cm³/mol. The van der Waals surface area contributed by atoms with Crippen molar-refractivity contribution in [3.8, 4) is 0 Å². The Labute approximate surface area is 107 Å². The van der Waals surface area contributed by atoms with Gasteiger partial charge in [0.15, 0.2) is 0 Å². The van der Waals surface area contributed by atoms with Gasteiger partial charge in [0.2, 0.25) is 5.78 Å². The molecule has 0 fully saturated rings. The number of hydrogen-bond acceptors (Lipinski definition) is 4. The van der Waals surface area contributed by atoms with Gasteiger partial charge < -0.3 is 9.47 Å². The van der Waals surface area contributed by atoms with E-state index in [0.717, 1.165) is 5.56 Å². The summed E-state index contributed by atoms with van der Waals surface area (Å²) in [4.78, 5) is 22.2. The van der Waals surface area contributed by atoms with Crippen LogP contribution in [0.15, 0.2) is 30.3 Å². The molecule has 0 spiro atoms. The monoisotopic (exact) mass is 250 g/mol. The number of carbonyl (C=O) groups excluding carboxylic acids is 2. The van der Waals surface area contributed by atoms with E-state index in [0.29, 0.717) is 13.2 Å². The molecular weight excluding hydrogens is 232 g/mol. The van der Waals surface area contributed by atoms with E-state index < -0.39 is 11.8 Å². The lowest BCUT2D eigenvalue weighted by molar-refractivity contribution is -0.152. The van der Waals surface area contributed by atoms with Crippen LogP contribution in [0.4, 0.5) is 0 Å². The Bertz CT molecular complexity index is 386. The highest BCUT2D eigenvalue weighted by atomic mass is 16.5. The average molecular weight is 250 g/mol. The van der Waals surface area contributed by atoms with Crippen LogP contribution in [0.2, 0.25) is 0 Å². The maximum absolute atomic E-state index is 11.3. The summed E-state index contributed by atoms with van der Waals surface area (Å²) >= 11 is 0. The standard InChI is InChI=1S/C14H18O4/c1-11(8-13(15)14(16)17-2)9-18-10-12-6-4-3-5-7-12/h3-7,11H,8-10H2,1-2H3/t11-/m1/s1. The van der Waals surface area contributed by atoms with E-state index >= 15 is 0 Å². The molecule has 1 aromatic rings. The van der Waals surface area contributed by atoms with Crippen LogP contribution < -0.4 is 0 Å². The molecule has 0 unspecified atom stereocenters. The first-order valence-electron chi connectivity index (χ1n) is 5.86. The van der Waals surface area contributed by atoms with E-state index in [1.54, 1.807) is 0 Å². The highest BCUT2D eigenvalue weighted by Crippen LogP contribution is 2.07. The van der Waals surface area contributed by atoms with Crippen LogP contribution in [0.3, 0.4) is 0 Å². The zero-order valence-corrected chi connectivity index (χ0v) is 10.7. The first kappa shape index (κ1) is 14.4. The van der Waals surface area contributed by atoms with Gasteiger partial charge in [0.1, 0.15) is 0 Å². The Morgan fingerprint density at radius 1 is 1.22 bits per heavy atom. The fraction of sp³-hybridized carbons (Fsp3) is 0.429. The fourth-order valence-corrected chi connectivity index (χ4v) is 1.52. The zero-order chi connectivity index (χ0) is 13.4. The van der Waals surface area contributed by atoms with Gasteiger partial charge in [-0.2, -0.15) is 0 Å². The molecule has 0 bridgehead atoms. The van der Waals surface area contributed by atoms with Crippen molar-refractivity contribution >= 4 is 11.8 Å². The molecule has 0 aliphatic heterocycles. The number of rotatable bonds is 7. The maximum Gasteiger partial charge on any atom is 0.374 e. The van der Waals surface area contributed by atoms with Crippen molar-refractivity contribution in [2.24, 2.45) is 5.92 Å². The Balaban J connectivity index is 2.23. The van der Waals surface area contributed by atoms with E-state index in [4.69, 9.17) is 4.74 Å². The molecule has 0 saturated carbocycles. The van der Waals surface area contributed by atoms with Crippen LogP contribution in [0, 0.1) is 5.92 Å². The van der Waals surface area contributed by atoms with Crippen molar-refractivity contribution in [3.63, 3.8) is 0 Å². The Morgan fingerprint density at radius 3 is 2.50 bits per heavy atom. The summed E-state index contributed by atoms with van der Waals surface area (Å²) in [6.07, 6.45) is 0.154. The maximum atomic E-state index is 11.3. The molecule has 0 saturated heterocycles. The Kier molecular flexibility index (Phi) is 6.08. The SMILES string of the molecule is COC(=O)C(=O)C[C@@H](C)COCc1ccccc1. The lowest BCUT2D eigenvalue weighted by Gasteiger charge is -2.10. The highest BCUT2D eigenvalue weighted by molar-refractivity contribution is 6.33. The first-order chi connectivity index (χ1) is 8.63. The van der Waals surface area contributed by atoms with Crippen LogP contribution in [0.1, 0.15) is 18.9 Å². The van der Waals surface area contributed by atoms with Gasteiger partial charge in [-0.1, -0.05) is 37.3 Å². The Hall–Kier alpha value is -1.68. The quantitative estimate of drug-likeness (QED) is 0.548. The molecule has 0 N–H and O–H groups in total. The van der Waals surface area contributed by atoms with Crippen LogP contribution in [0.25, 0.3) is 0 Å².